The third-order valence-electron chi connectivity index (χ3n) is 7.05. The SMILES string of the molecule is CCC(C=CC=C(C)C=CCC(C)CCC=C(C)C)=CC=CCC(C)C=CCC(C)C=CC=C(C)CCC=C(C)C. The average molecular weight is 557 g/mol. The molecule has 41 heavy (non-hydrogen) atoms. The highest BCUT2D eigenvalue weighted by molar-refractivity contribution is 5.29. The summed E-state index contributed by atoms with van der Waals surface area (Å²) < 4.78 is 0. The largest absolute Gasteiger partial charge is 0.0877 e. The van der Waals surface area contributed by atoms with E-state index in [9.17, 15) is 0 Å². The summed E-state index contributed by atoms with van der Waals surface area (Å²) in [5.74, 6) is 1.85. The van der Waals surface area contributed by atoms with Crippen molar-refractivity contribution in [2.45, 2.75) is 121 Å². The fraction of sp³-hybridized carbons (Fsp3) is 0.512. The molecule has 0 N–H and O–H groups in total. The van der Waals surface area contributed by atoms with Gasteiger partial charge in [-0.15, -0.1) is 0 Å². The molecule has 0 aromatic heterocycles. The van der Waals surface area contributed by atoms with Crippen LogP contribution in [-0.2, 0) is 0 Å². The summed E-state index contributed by atoms with van der Waals surface area (Å²) in [5, 5.41) is 0. The first-order chi connectivity index (χ1) is 19.5. The first-order valence-electron chi connectivity index (χ1n) is 16.2. The maximum Gasteiger partial charge on any atom is -0.0224 e. The van der Waals surface area contributed by atoms with Crippen molar-refractivity contribution in [3.63, 3.8) is 0 Å². The molecule has 0 aromatic rings. The van der Waals surface area contributed by atoms with Crippen LogP contribution in [0.2, 0.25) is 0 Å². The third kappa shape index (κ3) is 26.1. The summed E-state index contributed by atoms with van der Waals surface area (Å²) in [4.78, 5) is 0. The lowest BCUT2D eigenvalue weighted by atomic mass is 10.0. The number of allylic oxidation sites excluding steroid dienone is 20. The van der Waals surface area contributed by atoms with E-state index in [0.717, 1.165) is 44.4 Å². The van der Waals surface area contributed by atoms with Gasteiger partial charge in [0.15, 0.2) is 0 Å². The van der Waals surface area contributed by atoms with Crippen molar-refractivity contribution in [1.29, 1.82) is 0 Å². The van der Waals surface area contributed by atoms with E-state index in [1.54, 1.807) is 0 Å². The van der Waals surface area contributed by atoms with E-state index >= 15 is 0 Å². The Bertz CT molecular complexity index is 985. The molecule has 0 heteroatoms. The predicted octanol–water partition coefficient (Wildman–Crippen LogP) is 13.6. The van der Waals surface area contributed by atoms with Gasteiger partial charge in [0.05, 0.1) is 0 Å². The standard InChI is InChI=1S/C41H64/c1-11-41(33-19-31-40(10)30-18-27-38(8)24-15-21-35(4)5)32-13-12-22-36(6)25-16-28-39(9)29-17-26-37(7)23-14-20-34(2)3/h12-13,16-21,25-26,29-33,36,38-39H,11,14-15,22-24,27-28H2,1-10H3. The molecule has 0 aliphatic heterocycles. The quantitative estimate of drug-likeness (QED) is 0.103. The molecule has 0 heterocycles. The molecular formula is C41H64. The number of hydrogen-bond donors (Lipinski definition) is 0. The molecular weight excluding hydrogens is 492 g/mol. The van der Waals surface area contributed by atoms with Crippen molar-refractivity contribution < 1.29 is 0 Å². The second-order valence-corrected chi connectivity index (χ2v) is 12.5. The molecule has 0 rings (SSSR count). The van der Waals surface area contributed by atoms with Crippen molar-refractivity contribution in [3.8, 4) is 0 Å². The zero-order chi connectivity index (χ0) is 30.9. The normalized spacial score (nSPS) is 16.0. The fourth-order valence-corrected chi connectivity index (χ4v) is 4.18. The van der Waals surface area contributed by atoms with E-state index < -0.39 is 0 Å². The Morgan fingerprint density at radius 3 is 1.95 bits per heavy atom. The van der Waals surface area contributed by atoms with E-state index in [1.165, 1.54) is 40.7 Å². The Hall–Kier alpha value is -2.60. The van der Waals surface area contributed by atoms with Gasteiger partial charge in [0, 0.05) is 0 Å². The first-order valence-corrected chi connectivity index (χ1v) is 16.2. The first kappa shape index (κ1) is 38.4. The smallest absolute Gasteiger partial charge is 0.0224 e. The topological polar surface area (TPSA) is 0 Å². The highest BCUT2D eigenvalue weighted by atomic mass is 14.0. The molecule has 0 saturated carbocycles. The van der Waals surface area contributed by atoms with Crippen molar-refractivity contribution >= 4 is 0 Å². The van der Waals surface area contributed by atoms with Crippen LogP contribution in [0.5, 0.6) is 0 Å². The lowest BCUT2D eigenvalue weighted by Gasteiger charge is -2.06. The molecule has 3 atom stereocenters. The van der Waals surface area contributed by atoms with Crippen LogP contribution in [0, 0.1) is 17.8 Å². The van der Waals surface area contributed by atoms with Crippen molar-refractivity contribution in [2.75, 3.05) is 0 Å². The Labute approximate surface area is 256 Å². The monoisotopic (exact) mass is 557 g/mol. The second-order valence-electron chi connectivity index (χ2n) is 12.5. The van der Waals surface area contributed by atoms with Crippen LogP contribution in [0.15, 0.2) is 119 Å². The van der Waals surface area contributed by atoms with Crippen LogP contribution in [0.3, 0.4) is 0 Å². The van der Waals surface area contributed by atoms with Gasteiger partial charge in [0.2, 0.25) is 0 Å². The minimum Gasteiger partial charge on any atom is -0.0877 e. The van der Waals surface area contributed by atoms with E-state index in [4.69, 9.17) is 0 Å². The van der Waals surface area contributed by atoms with Gasteiger partial charge in [0.1, 0.15) is 0 Å². The Morgan fingerprint density at radius 1 is 0.610 bits per heavy atom. The average Bonchev–Trinajstić information content (AvgIpc) is 2.89. The Kier molecular flexibility index (Phi) is 23.5. The van der Waals surface area contributed by atoms with Gasteiger partial charge < -0.3 is 0 Å². The van der Waals surface area contributed by atoms with Crippen molar-refractivity contribution in [3.05, 3.63) is 119 Å². The molecule has 0 fully saturated rings. The van der Waals surface area contributed by atoms with Crippen molar-refractivity contribution in [2.24, 2.45) is 17.8 Å². The van der Waals surface area contributed by atoms with Crippen molar-refractivity contribution in [1.82, 2.24) is 0 Å². The summed E-state index contributed by atoms with van der Waals surface area (Å²) in [7, 11) is 0. The minimum absolute atomic E-state index is 0.556. The molecule has 0 spiro atoms. The third-order valence-corrected chi connectivity index (χ3v) is 7.05. The Balaban J connectivity index is 4.51. The van der Waals surface area contributed by atoms with Gasteiger partial charge >= 0.3 is 0 Å². The van der Waals surface area contributed by atoms with E-state index in [-0.39, 0.29) is 0 Å². The van der Waals surface area contributed by atoms with Crippen LogP contribution in [0.25, 0.3) is 0 Å². The number of rotatable bonds is 20. The van der Waals surface area contributed by atoms with E-state index in [1.807, 2.05) is 0 Å². The summed E-state index contributed by atoms with van der Waals surface area (Å²) >= 11 is 0. The zero-order valence-corrected chi connectivity index (χ0v) is 28.5. The molecule has 0 amide bonds. The van der Waals surface area contributed by atoms with Crippen LogP contribution in [0.4, 0.5) is 0 Å². The zero-order valence-electron chi connectivity index (χ0n) is 28.5. The molecule has 0 bridgehead atoms. The highest BCUT2D eigenvalue weighted by Crippen LogP contribution is 2.14. The van der Waals surface area contributed by atoms with Gasteiger partial charge in [-0.3, -0.25) is 0 Å². The van der Waals surface area contributed by atoms with Gasteiger partial charge in [-0.05, 0) is 116 Å². The Morgan fingerprint density at radius 2 is 1.27 bits per heavy atom. The minimum atomic E-state index is 0.556. The number of hydrogen-bond acceptors (Lipinski definition) is 0. The van der Waals surface area contributed by atoms with Crippen LogP contribution in [-0.4, -0.2) is 0 Å². The van der Waals surface area contributed by atoms with Gasteiger partial charge in [-0.1, -0.05) is 141 Å². The molecule has 3 unspecified atom stereocenters. The summed E-state index contributed by atoms with van der Waals surface area (Å²) in [5.41, 5.74) is 6.93. The molecule has 228 valence electrons. The summed E-state index contributed by atoms with van der Waals surface area (Å²) in [6.07, 6.45) is 43.3. The lowest BCUT2D eigenvalue weighted by Crippen LogP contribution is -1.91. The maximum absolute atomic E-state index is 2.37. The fourth-order valence-electron chi connectivity index (χ4n) is 4.18. The van der Waals surface area contributed by atoms with Gasteiger partial charge in [-0.2, -0.15) is 0 Å². The predicted molar refractivity (Wildman–Crippen MR) is 190 cm³/mol. The maximum atomic E-state index is 2.37. The summed E-state index contributed by atoms with van der Waals surface area (Å²) in [6.45, 7) is 22.3. The molecule has 0 radical (unpaired) electrons. The molecule has 0 aromatic carbocycles. The van der Waals surface area contributed by atoms with Crippen LogP contribution >= 0.6 is 0 Å². The molecule has 0 nitrogen and oxygen atoms in total. The van der Waals surface area contributed by atoms with E-state index in [0.29, 0.717) is 11.8 Å². The van der Waals surface area contributed by atoms with Crippen LogP contribution < -0.4 is 0 Å². The van der Waals surface area contributed by atoms with Crippen LogP contribution in [0.1, 0.15) is 121 Å². The molecule has 0 saturated heterocycles. The van der Waals surface area contributed by atoms with Gasteiger partial charge in [-0.25, -0.2) is 0 Å². The van der Waals surface area contributed by atoms with Gasteiger partial charge in [0.25, 0.3) is 0 Å². The van der Waals surface area contributed by atoms with E-state index in [2.05, 4.69) is 160 Å². The molecule has 0 aliphatic rings. The molecule has 0 aliphatic carbocycles. The second kappa shape index (κ2) is 25.1. The summed E-state index contributed by atoms with van der Waals surface area (Å²) in [6, 6.07) is 0. The highest BCUT2D eigenvalue weighted by Gasteiger charge is 1.98. The lowest BCUT2D eigenvalue weighted by molar-refractivity contribution is 0.545.